The van der Waals surface area contributed by atoms with Crippen molar-refractivity contribution >= 4 is 0 Å². The summed E-state index contributed by atoms with van der Waals surface area (Å²) >= 11 is 0. The maximum atomic E-state index is 4.93. The quantitative estimate of drug-likeness (QED) is 0.325. The van der Waals surface area contributed by atoms with E-state index < -0.39 is 0 Å². The normalized spacial score (nSPS) is 5.00. The van der Waals surface area contributed by atoms with Crippen molar-refractivity contribution < 1.29 is 35.8 Å². The van der Waals surface area contributed by atoms with Gasteiger partial charge in [-0.2, -0.15) is 6.08 Å². The third-order valence-corrected chi connectivity index (χ3v) is 0.304. The zero-order valence-electron chi connectivity index (χ0n) is 5.03. The van der Waals surface area contributed by atoms with Crippen molar-refractivity contribution in [3.8, 4) is 0 Å². The number of hydrogen-bond donors (Lipinski definition) is 0. The largest absolute Gasteiger partial charge is 0.293 e. The van der Waals surface area contributed by atoms with Crippen LogP contribution in [0.3, 0.4) is 0 Å². The molecule has 0 aliphatic carbocycles. The molecule has 0 aromatic rings. The minimum atomic E-state index is 0. The monoisotopic (exact) mass is 175 g/mol. The van der Waals surface area contributed by atoms with Gasteiger partial charge in [-0.25, -0.2) is 12.2 Å². The molecule has 0 spiro atoms. The minimum Gasteiger partial charge on any atom is -0.293 e. The first-order valence-electron chi connectivity index (χ1n) is 1.58. The summed E-state index contributed by atoms with van der Waals surface area (Å²) in [6, 6.07) is 0. The van der Waals surface area contributed by atoms with Gasteiger partial charge in [0.05, 0.1) is 0 Å². The first kappa shape index (κ1) is 36.1. The summed E-state index contributed by atoms with van der Waals surface area (Å²) in [7, 11) is 0. The van der Waals surface area contributed by atoms with Crippen molar-refractivity contribution in [3.05, 3.63) is 24.8 Å². The molecule has 0 aliphatic heterocycles. The molecule has 0 saturated carbocycles. The third-order valence-electron chi connectivity index (χ3n) is 0.304. The summed E-state index contributed by atoms with van der Waals surface area (Å²) in [5.74, 6) is 0. The summed E-state index contributed by atoms with van der Waals surface area (Å²) in [5.41, 5.74) is 0. The molecule has 0 aromatic carbocycles. The van der Waals surface area contributed by atoms with Crippen LogP contribution in [0.2, 0.25) is 0 Å². The van der Waals surface area contributed by atoms with E-state index in [0.29, 0.717) is 0 Å². The van der Waals surface area contributed by atoms with Crippen LogP contribution < -0.4 is 0 Å². The summed E-state index contributed by atoms with van der Waals surface area (Å²) in [5, 5.41) is 0. The second-order valence-electron chi connectivity index (χ2n) is 0.718. The molecule has 4 heteroatoms. The maximum Gasteiger partial charge on any atom is 0 e. The van der Waals surface area contributed by atoms with E-state index in [1.165, 1.54) is 6.08 Å². The molecule has 0 aromatic heterocycles. The van der Waals surface area contributed by atoms with E-state index in [0.717, 1.165) is 0 Å². The molecule has 0 N–H and O–H groups in total. The first-order valence-corrected chi connectivity index (χ1v) is 1.58. The number of rotatable bonds is 1. The Labute approximate surface area is 68.0 Å². The first-order chi connectivity index (χ1) is 2.41. The molecule has 0 atom stereocenters. The number of hydrogen-bond acceptors (Lipinski definition) is 0. The molecule has 0 amide bonds. The van der Waals surface area contributed by atoms with Crippen molar-refractivity contribution in [2.75, 3.05) is 0 Å². The Morgan fingerprint density at radius 1 is 1.11 bits per heavy atom. The van der Waals surface area contributed by atoms with Crippen molar-refractivity contribution in [3.63, 3.8) is 0 Å². The summed E-state index contributed by atoms with van der Waals surface area (Å²) < 4.78 is 0. The Hall–Kier alpha value is -0.0157. The molecule has 0 saturated heterocycles. The molecule has 0 fully saturated rings. The van der Waals surface area contributed by atoms with E-state index in [2.05, 4.69) is 0 Å². The molecular formula is C5H10F3Ti-. The molecule has 0 nitrogen and oxygen atoms in total. The van der Waals surface area contributed by atoms with Gasteiger partial charge in [-0.15, -0.1) is 0 Å². The maximum absolute atomic E-state index is 4.93. The topological polar surface area (TPSA) is 0 Å². The van der Waals surface area contributed by atoms with Gasteiger partial charge in [0, 0.05) is 21.7 Å². The predicted octanol–water partition coefficient (Wildman–Crippen LogP) is 2.01. The second kappa shape index (κ2) is 43.7. The van der Waals surface area contributed by atoms with Crippen LogP contribution >= 0.6 is 0 Å². The molecule has 0 aliphatic rings. The predicted molar refractivity (Wildman–Crippen MR) is 31.2 cm³/mol. The average Bonchev–Trinajstić information content (AvgIpc) is 1.41. The van der Waals surface area contributed by atoms with Crippen LogP contribution in [-0.2, 0) is 21.7 Å². The fourth-order valence-corrected chi connectivity index (χ4v) is 0.111. The Morgan fingerprint density at radius 2 is 1.44 bits per heavy atom. The van der Waals surface area contributed by atoms with Crippen LogP contribution in [0.25, 0.3) is 0 Å². The van der Waals surface area contributed by atoms with Gasteiger partial charge < -0.3 is 0 Å². The van der Waals surface area contributed by atoms with Crippen LogP contribution in [0.5, 0.6) is 0 Å². The fraction of sp³-hybridized carbons (Fsp3) is 0.200. The summed E-state index contributed by atoms with van der Waals surface area (Å²) in [4.78, 5) is 0. The van der Waals surface area contributed by atoms with Crippen LogP contribution in [0.15, 0.2) is 18.2 Å². The molecule has 0 rings (SSSR count). The van der Waals surface area contributed by atoms with E-state index in [4.69, 9.17) is 6.58 Å². The zero-order valence-corrected chi connectivity index (χ0v) is 6.60. The van der Waals surface area contributed by atoms with Gasteiger partial charge >= 0.3 is 0 Å². The van der Waals surface area contributed by atoms with Crippen molar-refractivity contribution in [2.45, 2.75) is 6.92 Å². The number of halogens is 3. The molecule has 9 heavy (non-hydrogen) atoms. The molecule has 56 valence electrons. The van der Waals surface area contributed by atoms with Crippen molar-refractivity contribution in [1.82, 2.24) is 0 Å². The van der Waals surface area contributed by atoms with Crippen LogP contribution in [-0.4, -0.2) is 0 Å². The van der Waals surface area contributed by atoms with Crippen molar-refractivity contribution in [2.24, 2.45) is 0 Å². The Balaban J connectivity index is -0.0000000133. The van der Waals surface area contributed by atoms with Gasteiger partial charge in [0.25, 0.3) is 0 Å². The van der Waals surface area contributed by atoms with Gasteiger partial charge in [0.15, 0.2) is 0 Å². The fourth-order valence-electron chi connectivity index (χ4n) is 0.111. The van der Waals surface area contributed by atoms with Gasteiger partial charge in [0.1, 0.15) is 0 Å². The minimum absolute atomic E-state index is 0. The molecular weight excluding hydrogens is 165 g/mol. The van der Waals surface area contributed by atoms with Crippen LogP contribution in [0, 0.1) is 6.58 Å². The molecule has 0 heterocycles. The van der Waals surface area contributed by atoms with E-state index in [-0.39, 0.29) is 35.8 Å². The SMILES string of the molecule is F.F.F.[CH-]=CC=CC.[Ti]. The summed E-state index contributed by atoms with van der Waals surface area (Å²) in [6.45, 7) is 6.85. The van der Waals surface area contributed by atoms with E-state index >= 15 is 0 Å². The van der Waals surface area contributed by atoms with Crippen LogP contribution in [0.1, 0.15) is 6.92 Å². The molecule has 0 radical (unpaired) electrons. The van der Waals surface area contributed by atoms with E-state index in [9.17, 15) is 0 Å². The van der Waals surface area contributed by atoms with Gasteiger partial charge in [-0.1, -0.05) is 6.92 Å². The Kier molecular flexibility index (Phi) is 175. The average molecular weight is 175 g/mol. The standard InChI is InChI=1S/C5H7.3FH.Ti/c1-3-5-4-2;;;;/h1,3-5H,2H3;3*1H;/q-1;;;;. The number of allylic oxidation sites excluding steroid dienone is 3. The van der Waals surface area contributed by atoms with Gasteiger partial charge in [0.2, 0.25) is 0 Å². The summed E-state index contributed by atoms with van der Waals surface area (Å²) in [6.07, 6.45) is 5.15. The second-order valence-corrected chi connectivity index (χ2v) is 0.718. The Bertz CT molecular complexity index is 54.2. The van der Waals surface area contributed by atoms with Gasteiger partial charge in [-0.05, 0) is 0 Å². The Morgan fingerprint density at radius 3 is 1.44 bits per heavy atom. The van der Waals surface area contributed by atoms with Gasteiger partial charge in [-0.3, -0.25) is 20.7 Å². The van der Waals surface area contributed by atoms with Crippen LogP contribution in [0.4, 0.5) is 14.1 Å². The third kappa shape index (κ3) is 72.6. The molecule has 0 unspecified atom stereocenters. The van der Waals surface area contributed by atoms with E-state index in [1.807, 2.05) is 13.0 Å². The molecule has 0 bridgehead atoms. The van der Waals surface area contributed by atoms with E-state index in [1.54, 1.807) is 6.08 Å². The zero-order chi connectivity index (χ0) is 4.12. The van der Waals surface area contributed by atoms with Crippen molar-refractivity contribution in [1.29, 1.82) is 0 Å². The smallest absolute Gasteiger partial charge is 0 e.